The van der Waals surface area contributed by atoms with Gasteiger partial charge in [0.15, 0.2) is 0 Å². The maximum Gasteiger partial charge on any atom is 0.241 e. The van der Waals surface area contributed by atoms with Crippen molar-refractivity contribution in [2.75, 3.05) is 13.1 Å². The molecular weight excluding hydrogens is 230 g/mol. The van der Waals surface area contributed by atoms with Crippen molar-refractivity contribution < 1.29 is 4.79 Å². The zero-order valence-electron chi connectivity index (χ0n) is 10.2. The number of likely N-dealkylation sites (tertiary alicyclic amines) is 1. The third-order valence-corrected chi connectivity index (χ3v) is 3.59. The lowest BCUT2D eigenvalue weighted by Gasteiger charge is -2.26. The van der Waals surface area contributed by atoms with Crippen LogP contribution in [0.4, 0.5) is 0 Å². The molecule has 6 nitrogen and oxygen atoms in total. The van der Waals surface area contributed by atoms with Gasteiger partial charge in [0.2, 0.25) is 5.91 Å². The average molecular weight is 247 g/mol. The maximum atomic E-state index is 12.4. The molecule has 2 N–H and O–H groups in total. The van der Waals surface area contributed by atoms with Gasteiger partial charge in [-0.2, -0.15) is 0 Å². The number of nitrogens with one attached hydrogen (secondary N) is 2. The van der Waals surface area contributed by atoms with Crippen LogP contribution >= 0.6 is 0 Å². The Morgan fingerprint density at radius 3 is 3.06 bits per heavy atom. The van der Waals surface area contributed by atoms with Crippen LogP contribution in [0.1, 0.15) is 31.0 Å². The molecule has 2 atom stereocenters. The quantitative estimate of drug-likeness (QED) is 0.770. The van der Waals surface area contributed by atoms with Gasteiger partial charge in [0.05, 0.1) is 17.9 Å². The molecule has 0 saturated carbocycles. The van der Waals surface area contributed by atoms with Gasteiger partial charge in [-0.15, -0.1) is 0 Å². The zero-order chi connectivity index (χ0) is 12.4. The summed E-state index contributed by atoms with van der Waals surface area (Å²) in [5.74, 6) is 0.174. The minimum absolute atomic E-state index is 0.0913. The molecule has 3 heterocycles. The van der Waals surface area contributed by atoms with E-state index in [-0.39, 0.29) is 18.0 Å². The molecule has 2 aliphatic heterocycles. The van der Waals surface area contributed by atoms with Crippen molar-refractivity contribution >= 4 is 5.91 Å². The van der Waals surface area contributed by atoms with Crippen LogP contribution in [-0.2, 0) is 4.79 Å². The number of carbonyl (C=O) groups is 1. The fourth-order valence-electron chi connectivity index (χ4n) is 2.69. The largest absolute Gasteiger partial charge is 0.333 e. The molecule has 0 aliphatic carbocycles. The highest BCUT2D eigenvalue weighted by Gasteiger charge is 2.35. The number of hydrazine groups is 1. The summed E-state index contributed by atoms with van der Waals surface area (Å²) in [5.41, 5.74) is 6.93. The number of carbonyl (C=O) groups excluding carboxylic acids is 1. The summed E-state index contributed by atoms with van der Waals surface area (Å²) in [4.78, 5) is 22.8. The Bertz CT molecular complexity index is 418. The summed E-state index contributed by atoms with van der Waals surface area (Å²) in [6, 6.07) is -0.00382. The van der Waals surface area contributed by atoms with E-state index in [1.54, 1.807) is 18.6 Å². The van der Waals surface area contributed by atoms with E-state index < -0.39 is 0 Å². The molecule has 2 saturated heterocycles. The topological polar surface area (TPSA) is 70.2 Å². The molecule has 1 aromatic heterocycles. The van der Waals surface area contributed by atoms with Crippen molar-refractivity contribution in [3.63, 3.8) is 0 Å². The second-order valence-corrected chi connectivity index (χ2v) is 4.73. The van der Waals surface area contributed by atoms with Gasteiger partial charge in [-0.3, -0.25) is 20.2 Å². The Morgan fingerprint density at radius 2 is 2.33 bits per heavy atom. The van der Waals surface area contributed by atoms with Gasteiger partial charge in [-0.1, -0.05) is 0 Å². The highest BCUT2D eigenvalue weighted by molar-refractivity contribution is 5.82. The summed E-state index contributed by atoms with van der Waals surface area (Å²) >= 11 is 0. The summed E-state index contributed by atoms with van der Waals surface area (Å²) in [6.45, 7) is 1.66. The fourth-order valence-corrected chi connectivity index (χ4v) is 2.69. The number of nitrogens with zero attached hydrogens (tertiary/aromatic N) is 3. The molecule has 0 aromatic carbocycles. The molecule has 6 heteroatoms. The molecule has 0 bridgehead atoms. The van der Waals surface area contributed by atoms with Crippen molar-refractivity contribution in [3.8, 4) is 0 Å². The Morgan fingerprint density at radius 1 is 1.39 bits per heavy atom. The van der Waals surface area contributed by atoms with Crippen molar-refractivity contribution in [1.29, 1.82) is 0 Å². The van der Waals surface area contributed by atoms with E-state index >= 15 is 0 Å². The first-order valence-electron chi connectivity index (χ1n) is 6.41. The van der Waals surface area contributed by atoms with E-state index in [0.29, 0.717) is 0 Å². The fraction of sp³-hybridized carbons (Fsp3) is 0.583. The summed E-state index contributed by atoms with van der Waals surface area (Å²) in [6.07, 6.45) is 7.97. The molecule has 1 aromatic rings. The number of rotatable bonds is 2. The molecule has 2 fully saturated rings. The zero-order valence-corrected chi connectivity index (χ0v) is 10.2. The molecule has 2 unspecified atom stereocenters. The van der Waals surface area contributed by atoms with Gasteiger partial charge < -0.3 is 4.90 Å². The van der Waals surface area contributed by atoms with Crippen LogP contribution in [-0.4, -0.2) is 39.9 Å². The summed E-state index contributed by atoms with van der Waals surface area (Å²) < 4.78 is 0. The lowest BCUT2D eigenvalue weighted by atomic mass is 10.1. The van der Waals surface area contributed by atoms with Crippen LogP contribution in [0.25, 0.3) is 0 Å². The van der Waals surface area contributed by atoms with E-state index in [0.717, 1.165) is 38.0 Å². The van der Waals surface area contributed by atoms with Crippen LogP contribution in [0.15, 0.2) is 18.6 Å². The van der Waals surface area contributed by atoms with Gasteiger partial charge >= 0.3 is 0 Å². The lowest BCUT2D eigenvalue weighted by Crippen LogP contribution is -2.45. The summed E-state index contributed by atoms with van der Waals surface area (Å²) in [7, 11) is 0. The van der Waals surface area contributed by atoms with Crippen molar-refractivity contribution in [1.82, 2.24) is 25.7 Å². The highest BCUT2D eigenvalue weighted by atomic mass is 16.2. The number of hydrogen-bond donors (Lipinski definition) is 2. The SMILES string of the molecule is O=C(C1CCNN1)N1CCCC1c1cnccn1. The van der Waals surface area contributed by atoms with Crippen LogP contribution in [0.2, 0.25) is 0 Å². The first kappa shape index (κ1) is 11.6. The second-order valence-electron chi connectivity index (χ2n) is 4.73. The first-order chi connectivity index (χ1) is 8.86. The summed E-state index contributed by atoms with van der Waals surface area (Å²) in [5, 5.41) is 0. The molecule has 2 aliphatic rings. The van der Waals surface area contributed by atoms with Crippen molar-refractivity contribution in [2.45, 2.75) is 31.3 Å². The van der Waals surface area contributed by atoms with Crippen LogP contribution < -0.4 is 10.9 Å². The molecule has 1 amide bonds. The van der Waals surface area contributed by atoms with Crippen LogP contribution in [0.5, 0.6) is 0 Å². The molecule has 18 heavy (non-hydrogen) atoms. The van der Waals surface area contributed by atoms with E-state index in [1.165, 1.54) is 0 Å². The van der Waals surface area contributed by atoms with Crippen LogP contribution in [0, 0.1) is 0 Å². The molecular formula is C12H17N5O. The van der Waals surface area contributed by atoms with E-state index in [2.05, 4.69) is 20.8 Å². The van der Waals surface area contributed by atoms with Crippen molar-refractivity contribution in [2.24, 2.45) is 0 Å². The minimum Gasteiger partial charge on any atom is -0.333 e. The average Bonchev–Trinajstić information content (AvgIpc) is 3.10. The highest BCUT2D eigenvalue weighted by Crippen LogP contribution is 2.31. The molecule has 0 radical (unpaired) electrons. The van der Waals surface area contributed by atoms with Gasteiger partial charge in [0, 0.05) is 25.5 Å². The Balaban J connectivity index is 1.77. The standard InChI is InChI=1S/C12H17N5O/c18-12(9-3-4-15-16-9)17-7-1-2-11(17)10-8-13-5-6-14-10/h5-6,8-9,11,15-16H,1-4,7H2. The lowest BCUT2D eigenvalue weighted by molar-refractivity contribution is -0.134. The number of hydrogen-bond acceptors (Lipinski definition) is 5. The third-order valence-electron chi connectivity index (χ3n) is 3.59. The minimum atomic E-state index is -0.0951. The predicted octanol–water partition coefficient (Wildman–Crippen LogP) is 0.00660. The Labute approximate surface area is 106 Å². The van der Waals surface area contributed by atoms with E-state index in [1.807, 2.05) is 4.90 Å². The Kier molecular flexibility index (Phi) is 3.21. The number of amides is 1. The van der Waals surface area contributed by atoms with Gasteiger partial charge in [0.25, 0.3) is 0 Å². The monoisotopic (exact) mass is 247 g/mol. The van der Waals surface area contributed by atoms with Gasteiger partial charge in [0.1, 0.15) is 6.04 Å². The van der Waals surface area contributed by atoms with E-state index in [4.69, 9.17) is 0 Å². The van der Waals surface area contributed by atoms with Gasteiger partial charge in [-0.25, -0.2) is 5.43 Å². The smallest absolute Gasteiger partial charge is 0.241 e. The molecule has 96 valence electrons. The predicted molar refractivity (Wildman–Crippen MR) is 65.3 cm³/mol. The Hall–Kier alpha value is -1.53. The maximum absolute atomic E-state index is 12.4. The first-order valence-corrected chi connectivity index (χ1v) is 6.41. The van der Waals surface area contributed by atoms with E-state index in [9.17, 15) is 4.79 Å². The normalized spacial score (nSPS) is 27.7. The second kappa shape index (κ2) is 4.99. The molecule has 3 rings (SSSR count). The van der Waals surface area contributed by atoms with Gasteiger partial charge in [-0.05, 0) is 19.3 Å². The third kappa shape index (κ3) is 2.09. The number of aromatic nitrogens is 2. The van der Waals surface area contributed by atoms with Crippen LogP contribution in [0.3, 0.4) is 0 Å². The van der Waals surface area contributed by atoms with Crippen molar-refractivity contribution in [3.05, 3.63) is 24.3 Å². The molecule has 0 spiro atoms.